The summed E-state index contributed by atoms with van der Waals surface area (Å²) in [6, 6.07) is 77.5. The number of para-hydroxylation sites is 1. The van der Waals surface area contributed by atoms with Crippen LogP contribution in [-0.4, -0.2) is 19.5 Å². The zero-order valence-electron chi connectivity index (χ0n) is 33.5. The van der Waals surface area contributed by atoms with Crippen molar-refractivity contribution in [1.29, 1.82) is 0 Å². The fourth-order valence-corrected chi connectivity index (χ4v) is 10.1. The quantitative estimate of drug-likeness (QED) is 0.161. The first-order valence-corrected chi connectivity index (χ1v) is 21.7. The van der Waals surface area contributed by atoms with Crippen LogP contribution >= 0.6 is 11.3 Å². The molecule has 3 heterocycles. The largest absolute Gasteiger partial charge is 0.278 e. The Bertz CT molecular complexity index is 3630. The van der Waals surface area contributed by atoms with Crippen LogP contribution in [0.25, 0.3) is 115 Å². The number of hydrogen-bond donors (Lipinski definition) is 0. The molecule has 0 atom stereocenters. The first-order chi connectivity index (χ1) is 30.7. The van der Waals surface area contributed by atoms with Gasteiger partial charge in [0.25, 0.3) is 0 Å². The maximum Gasteiger partial charge on any atom is 0.238 e. The van der Waals surface area contributed by atoms with E-state index in [1.807, 2.05) is 29.5 Å². The Labute approximate surface area is 362 Å². The van der Waals surface area contributed by atoms with Crippen LogP contribution in [0.5, 0.6) is 0 Å². The van der Waals surface area contributed by atoms with Crippen LogP contribution in [0.3, 0.4) is 0 Å². The number of hydrogen-bond acceptors (Lipinski definition) is 4. The molecule has 5 heteroatoms. The lowest BCUT2D eigenvalue weighted by atomic mass is 9.97. The van der Waals surface area contributed by atoms with Crippen molar-refractivity contribution >= 4 is 53.3 Å². The van der Waals surface area contributed by atoms with Crippen molar-refractivity contribution in [2.24, 2.45) is 0 Å². The van der Waals surface area contributed by atoms with E-state index in [-0.39, 0.29) is 0 Å². The molecule has 0 bridgehead atoms. The molecular formula is C57H36N4S. The van der Waals surface area contributed by atoms with Gasteiger partial charge in [-0.2, -0.15) is 9.97 Å². The number of thiophene rings is 1. The van der Waals surface area contributed by atoms with Gasteiger partial charge < -0.3 is 0 Å². The van der Waals surface area contributed by atoms with E-state index >= 15 is 0 Å². The van der Waals surface area contributed by atoms with Crippen molar-refractivity contribution in [2.75, 3.05) is 0 Å². The number of rotatable bonds is 7. The maximum atomic E-state index is 5.31. The number of benzene rings is 9. The Morgan fingerprint density at radius 1 is 0.306 bits per heavy atom. The molecular weight excluding hydrogens is 773 g/mol. The van der Waals surface area contributed by atoms with Gasteiger partial charge in [0.1, 0.15) is 0 Å². The summed E-state index contributed by atoms with van der Waals surface area (Å²) < 4.78 is 4.72. The lowest BCUT2D eigenvalue weighted by Crippen LogP contribution is -2.06. The maximum absolute atomic E-state index is 5.31. The molecule has 12 aromatic rings. The van der Waals surface area contributed by atoms with Gasteiger partial charge in [-0.25, -0.2) is 4.98 Å². The van der Waals surface area contributed by atoms with Gasteiger partial charge in [-0.3, -0.25) is 4.57 Å². The van der Waals surface area contributed by atoms with Crippen molar-refractivity contribution in [3.63, 3.8) is 0 Å². The predicted molar refractivity (Wildman–Crippen MR) is 260 cm³/mol. The average Bonchev–Trinajstić information content (AvgIpc) is 3.90. The van der Waals surface area contributed by atoms with Gasteiger partial charge in [0.15, 0.2) is 11.6 Å². The van der Waals surface area contributed by atoms with Crippen LogP contribution in [-0.2, 0) is 0 Å². The fourth-order valence-electron chi connectivity index (χ4n) is 8.85. The van der Waals surface area contributed by atoms with E-state index in [4.69, 9.17) is 15.0 Å². The zero-order chi connectivity index (χ0) is 41.0. The Kier molecular flexibility index (Phi) is 8.65. The molecule has 0 amide bonds. The van der Waals surface area contributed by atoms with E-state index in [0.717, 1.165) is 49.6 Å². The molecule has 3 aromatic heterocycles. The minimum atomic E-state index is 0.576. The summed E-state index contributed by atoms with van der Waals surface area (Å²) in [6.45, 7) is 0. The van der Waals surface area contributed by atoms with E-state index in [1.54, 1.807) is 0 Å². The van der Waals surface area contributed by atoms with Gasteiger partial charge in [-0.15, -0.1) is 11.3 Å². The minimum absolute atomic E-state index is 0.576. The average molecular weight is 809 g/mol. The van der Waals surface area contributed by atoms with E-state index in [0.29, 0.717) is 17.6 Å². The van der Waals surface area contributed by atoms with Crippen molar-refractivity contribution in [3.05, 3.63) is 218 Å². The highest BCUT2D eigenvalue weighted by atomic mass is 32.1. The van der Waals surface area contributed by atoms with Crippen molar-refractivity contribution in [1.82, 2.24) is 19.5 Å². The van der Waals surface area contributed by atoms with E-state index in [1.165, 1.54) is 48.0 Å². The fraction of sp³-hybridized carbons (Fsp3) is 0. The van der Waals surface area contributed by atoms with Gasteiger partial charge >= 0.3 is 0 Å². The van der Waals surface area contributed by atoms with Gasteiger partial charge in [-0.1, -0.05) is 182 Å². The van der Waals surface area contributed by atoms with Crippen LogP contribution in [0.2, 0.25) is 0 Å². The van der Waals surface area contributed by atoms with Gasteiger partial charge in [0.2, 0.25) is 5.95 Å². The standard InChI is InChI=1S/C57H36N4S/c1-4-15-37(16-5-1)40-21-12-22-41(33-40)42-30-32-53-50(35-42)49-27-14-26-46(54(49)62-53)44-23-13-24-45(34-44)56-58-55(39-19-8-3-9-20-39)59-57(60-56)61-51-28-11-10-25-47(51)48-31-29-43(36-52(48)61)38-17-6-2-7-18-38/h1-36H. The first kappa shape index (κ1) is 35.9. The molecule has 0 N–H and O–H groups in total. The Balaban J connectivity index is 0.991. The Morgan fingerprint density at radius 3 is 1.58 bits per heavy atom. The predicted octanol–water partition coefficient (Wildman–Crippen LogP) is 15.3. The molecule has 0 aliphatic heterocycles. The molecule has 0 radical (unpaired) electrons. The van der Waals surface area contributed by atoms with E-state index in [9.17, 15) is 0 Å². The van der Waals surface area contributed by atoms with Crippen molar-refractivity contribution < 1.29 is 0 Å². The molecule has 9 aromatic carbocycles. The molecule has 0 spiro atoms. The molecule has 4 nitrogen and oxygen atoms in total. The number of fused-ring (bicyclic) bond motifs is 6. The molecule has 0 saturated heterocycles. The molecule has 12 rings (SSSR count). The molecule has 0 unspecified atom stereocenters. The SMILES string of the molecule is c1ccc(-c2cccc(-c3ccc4sc5c(-c6cccc(-c7nc(-c8ccccc8)nc(-n8c9ccccc9c9ccc(-c%10ccccc%10)cc98)n7)c6)cccc5c4c3)c2)cc1. The third kappa shape index (κ3) is 6.26. The van der Waals surface area contributed by atoms with Crippen LogP contribution in [0.15, 0.2) is 218 Å². The number of nitrogens with zero attached hydrogens (tertiary/aromatic N) is 4. The summed E-state index contributed by atoms with van der Waals surface area (Å²) in [5.74, 6) is 1.82. The van der Waals surface area contributed by atoms with Crippen LogP contribution in [0, 0.1) is 0 Å². The summed E-state index contributed by atoms with van der Waals surface area (Å²) in [7, 11) is 0. The topological polar surface area (TPSA) is 43.6 Å². The molecule has 0 saturated carbocycles. The van der Waals surface area contributed by atoms with Gasteiger partial charge in [0.05, 0.1) is 11.0 Å². The molecule has 0 aliphatic rings. The van der Waals surface area contributed by atoms with Crippen molar-refractivity contribution in [2.45, 2.75) is 0 Å². The third-order valence-electron chi connectivity index (χ3n) is 11.9. The Hall–Kier alpha value is -7.99. The highest BCUT2D eigenvalue weighted by molar-refractivity contribution is 7.26. The second kappa shape index (κ2) is 14.9. The van der Waals surface area contributed by atoms with Gasteiger partial charge in [-0.05, 0) is 80.9 Å². The normalized spacial score (nSPS) is 11.5. The summed E-state index contributed by atoms with van der Waals surface area (Å²) >= 11 is 1.85. The third-order valence-corrected chi connectivity index (χ3v) is 13.1. The lowest BCUT2D eigenvalue weighted by Gasteiger charge is -2.12. The summed E-state index contributed by atoms with van der Waals surface area (Å²) in [6.07, 6.45) is 0. The summed E-state index contributed by atoms with van der Waals surface area (Å²) in [4.78, 5) is 15.7. The molecule has 0 aliphatic carbocycles. The van der Waals surface area contributed by atoms with Crippen LogP contribution in [0.4, 0.5) is 0 Å². The second-order valence-electron chi connectivity index (χ2n) is 15.6. The highest BCUT2D eigenvalue weighted by Gasteiger charge is 2.19. The molecule has 290 valence electrons. The second-order valence-corrected chi connectivity index (χ2v) is 16.7. The van der Waals surface area contributed by atoms with E-state index in [2.05, 4.69) is 205 Å². The zero-order valence-corrected chi connectivity index (χ0v) is 34.3. The Morgan fingerprint density at radius 2 is 0.823 bits per heavy atom. The molecule has 0 fully saturated rings. The summed E-state index contributed by atoms with van der Waals surface area (Å²) in [5, 5.41) is 4.82. The van der Waals surface area contributed by atoms with Crippen molar-refractivity contribution in [3.8, 4) is 73.2 Å². The van der Waals surface area contributed by atoms with Crippen LogP contribution in [0.1, 0.15) is 0 Å². The van der Waals surface area contributed by atoms with Gasteiger partial charge in [0, 0.05) is 42.1 Å². The van der Waals surface area contributed by atoms with Crippen LogP contribution < -0.4 is 0 Å². The smallest absolute Gasteiger partial charge is 0.238 e. The lowest BCUT2D eigenvalue weighted by molar-refractivity contribution is 0.953. The summed E-state index contributed by atoms with van der Waals surface area (Å²) in [5.41, 5.74) is 13.4. The monoisotopic (exact) mass is 808 g/mol. The first-order valence-electron chi connectivity index (χ1n) is 20.8. The highest BCUT2D eigenvalue weighted by Crippen LogP contribution is 2.42. The molecule has 62 heavy (non-hydrogen) atoms. The van der Waals surface area contributed by atoms with E-state index < -0.39 is 0 Å². The minimum Gasteiger partial charge on any atom is -0.278 e. The number of aromatic nitrogens is 4.